The van der Waals surface area contributed by atoms with E-state index < -0.39 is 10.0 Å². The topological polar surface area (TPSA) is 37.4 Å². The largest absolute Gasteiger partial charge is 0.214 e. The minimum atomic E-state index is -2.83. The normalized spacial score (nSPS) is 24.1. The molecule has 0 radical (unpaired) electrons. The second-order valence-corrected chi connectivity index (χ2v) is 5.01. The number of rotatable bonds is 3. The van der Waals surface area contributed by atoms with E-state index in [4.69, 9.17) is 0 Å². The molecule has 11 heavy (non-hydrogen) atoms. The van der Waals surface area contributed by atoms with Crippen LogP contribution >= 0.6 is 0 Å². The van der Waals surface area contributed by atoms with Crippen molar-refractivity contribution in [2.45, 2.75) is 26.2 Å². The van der Waals surface area contributed by atoms with Crippen LogP contribution in [0.4, 0.5) is 0 Å². The van der Waals surface area contributed by atoms with Crippen LogP contribution in [-0.2, 0) is 10.0 Å². The van der Waals surface area contributed by atoms with Gasteiger partial charge in [-0.15, -0.1) is 0 Å². The van der Waals surface area contributed by atoms with Crippen LogP contribution in [0.25, 0.3) is 0 Å². The van der Waals surface area contributed by atoms with Gasteiger partial charge in [0.05, 0.1) is 5.75 Å². The lowest BCUT2D eigenvalue weighted by Crippen LogP contribution is -2.26. The van der Waals surface area contributed by atoms with Crippen molar-refractivity contribution < 1.29 is 8.42 Å². The lowest BCUT2D eigenvalue weighted by Gasteiger charge is -2.12. The predicted molar refractivity (Wildman–Crippen MR) is 44.9 cm³/mol. The Balaban J connectivity index is 2.45. The fourth-order valence-electron chi connectivity index (χ4n) is 1.28. The highest BCUT2D eigenvalue weighted by atomic mass is 32.2. The average molecular weight is 177 g/mol. The SMILES string of the molecule is CCCCN1CCCS1(=O)=O. The van der Waals surface area contributed by atoms with Gasteiger partial charge in [-0.3, -0.25) is 0 Å². The Kier molecular flexibility index (Phi) is 2.90. The molecule has 0 amide bonds. The highest BCUT2D eigenvalue weighted by Crippen LogP contribution is 2.13. The first-order valence-electron chi connectivity index (χ1n) is 4.14. The molecule has 1 heterocycles. The third kappa shape index (κ3) is 2.17. The fourth-order valence-corrected chi connectivity index (χ4v) is 2.84. The number of hydrogen-bond acceptors (Lipinski definition) is 2. The van der Waals surface area contributed by atoms with E-state index in [1.807, 2.05) is 0 Å². The molecule has 1 aliphatic heterocycles. The van der Waals surface area contributed by atoms with Crippen molar-refractivity contribution in [2.75, 3.05) is 18.8 Å². The average Bonchev–Trinajstić information content (AvgIpc) is 2.25. The minimum Gasteiger partial charge on any atom is -0.212 e. The van der Waals surface area contributed by atoms with Gasteiger partial charge in [-0.1, -0.05) is 13.3 Å². The van der Waals surface area contributed by atoms with Crippen molar-refractivity contribution in [1.29, 1.82) is 0 Å². The highest BCUT2D eigenvalue weighted by molar-refractivity contribution is 7.89. The van der Waals surface area contributed by atoms with Crippen molar-refractivity contribution in [1.82, 2.24) is 4.31 Å². The first-order chi connectivity index (χ1) is 5.17. The molecule has 1 saturated heterocycles. The van der Waals surface area contributed by atoms with Gasteiger partial charge < -0.3 is 0 Å². The summed E-state index contributed by atoms with van der Waals surface area (Å²) in [6.07, 6.45) is 2.86. The van der Waals surface area contributed by atoms with Crippen LogP contribution in [0.1, 0.15) is 26.2 Å². The Labute approximate surface area is 68.4 Å². The molecule has 0 aromatic carbocycles. The summed E-state index contributed by atoms with van der Waals surface area (Å²) in [5.41, 5.74) is 0. The summed E-state index contributed by atoms with van der Waals surface area (Å²) >= 11 is 0. The van der Waals surface area contributed by atoms with Gasteiger partial charge in [0.15, 0.2) is 0 Å². The number of hydrogen-bond donors (Lipinski definition) is 0. The lowest BCUT2D eigenvalue weighted by molar-refractivity contribution is 0.433. The Hall–Kier alpha value is -0.0900. The van der Waals surface area contributed by atoms with Crippen molar-refractivity contribution in [3.05, 3.63) is 0 Å². The van der Waals surface area contributed by atoms with Crippen LogP contribution in [0.5, 0.6) is 0 Å². The first kappa shape index (κ1) is 9.00. The van der Waals surface area contributed by atoms with E-state index in [0.29, 0.717) is 5.75 Å². The summed E-state index contributed by atoms with van der Waals surface area (Å²) < 4.78 is 24.0. The zero-order valence-corrected chi connectivity index (χ0v) is 7.73. The zero-order chi connectivity index (χ0) is 8.32. The van der Waals surface area contributed by atoms with E-state index in [9.17, 15) is 8.42 Å². The molecule has 0 unspecified atom stereocenters. The molecule has 1 fully saturated rings. The van der Waals surface area contributed by atoms with Crippen LogP contribution < -0.4 is 0 Å². The summed E-state index contributed by atoms with van der Waals surface area (Å²) in [6.45, 7) is 3.53. The van der Waals surface area contributed by atoms with Crippen LogP contribution in [0.15, 0.2) is 0 Å². The Morgan fingerprint density at radius 1 is 1.45 bits per heavy atom. The molecule has 1 rings (SSSR count). The number of nitrogens with zero attached hydrogens (tertiary/aromatic N) is 1. The molecule has 0 atom stereocenters. The molecule has 0 spiro atoms. The minimum absolute atomic E-state index is 0.358. The summed E-state index contributed by atoms with van der Waals surface area (Å²) in [5, 5.41) is 0. The molecule has 1 aliphatic rings. The second-order valence-electron chi connectivity index (χ2n) is 2.92. The molecule has 0 saturated carbocycles. The summed E-state index contributed by atoms with van der Waals surface area (Å²) in [4.78, 5) is 0. The molecule has 0 aromatic heterocycles. The van der Waals surface area contributed by atoms with Crippen molar-refractivity contribution in [2.24, 2.45) is 0 Å². The third-order valence-electron chi connectivity index (χ3n) is 1.96. The molecule has 0 aliphatic carbocycles. The predicted octanol–water partition coefficient (Wildman–Crippen LogP) is 0.822. The quantitative estimate of drug-likeness (QED) is 0.640. The number of unbranched alkanes of at least 4 members (excludes halogenated alkanes) is 1. The Bertz CT molecular complexity index is 210. The molecule has 66 valence electrons. The van der Waals surface area contributed by atoms with Gasteiger partial charge in [-0.05, 0) is 12.8 Å². The molecular formula is C7H15NO2S. The smallest absolute Gasteiger partial charge is 0.212 e. The molecular weight excluding hydrogens is 162 g/mol. The van der Waals surface area contributed by atoms with E-state index in [-0.39, 0.29) is 0 Å². The maximum Gasteiger partial charge on any atom is 0.214 e. The van der Waals surface area contributed by atoms with Crippen LogP contribution in [0.2, 0.25) is 0 Å². The van der Waals surface area contributed by atoms with Crippen LogP contribution in [-0.4, -0.2) is 31.6 Å². The number of sulfonamides is 1. The maximum absolute atomic E-state index is 11.2. The van der Waals surface area contributed by atoms with Gasteiger partial charge >= 0.3 is 0 Å². The first-order valence-corrected chi connectivity index (χ1v) is 5.75. The maximum atomic E-state index is 11.2. The summed E-state index contributed by atoms with van der Waals surface area (Å²) in [6, 6.07) is 0. The monoisotopic (exact) mass is 177 g/mol. The van der Waals surface area contributed by atoms with E-state index in [0.717, 1.165) is 32.4 Å². The van der Waals surface area contributed by atoms with Crippen LogP contribution in [0.3, 0.4) is 0 Å². The second kappa shape index (κ2) is 3.54. The Morgan fingerprint density at radius 2 is 2.18 bits per heavy atom. The van der Waals surface area contributed by atoms with Crippen molar-refractivity contribution >= 4 is 10.0 Å². The van der Waals surface area contributed by atoms with Crippen molar-refractivity contribution in [3.8, 4) is 0 Å². The van der Waals surface area contributed by atoms with E-state index in [2.05, 4.69) is 6.92 Å². The van der Waals surface area contributed by atoms with Crippen molar-refractivity contribution in [3.63, 3.8) is 0 Å². The van der Waals surface area contributed by atoms with Gasteiger partial charge in [-0.25, -0.2) is 12.7 Å². The molecule has 3 nitrogen and oxygen atoms in total. The highest BCUT2D eigenvalue weighted by Gasteiger charge is 2.26. The molecule has 0 aromatic rings. The third-order valence-corrected chi connectivity index (χ3v) is 3.92. The van der Waals surface area contributed by atoms with Gasteiger partial charge in [-0.2, -0.15) is 0 Å². The van der Waals surface area contributed by atoms with E-state index in [1.165, 1.54) is 0 Å². The lowest BCUT2D eigenvalue weighted by atomic mass is 10.3. The van der Waals surface area contributed by atoms with E-state index >= 15 is 0 Å². The van der Waals surface area contributed by atoms with Crippen LogP contribution in [0, 0.1) is 0 Å². The zero-order valence-electron chi connectivity index (χ0n) is 6.91. The summed E-state index contributed by atoms with van der Waals surface area (Å²) in [7, 11) is -2.83. The van der Waals surface area contributed by atoms with Gasteiger partial charge in [0.1, 0.15) is 0 Å². The molecule has 4 heteroatoms. The van der Waals surface area contributed by atoms with Gasteiger partial charge in [0.25, 0.3) is 0 Å². The van der Waals surface area contributed by atoms with Gasteiger partial charge in [0.2, 0.25) is 10.0 Å². The molecule has 0 bridgehead atoms. The molecule has 0 N–H and O–H groups in total. The Morgan fingerprint density at radius 3 is 2.64 bits per heavy atom. The summed E-state index contributed by atoms with van der Waals surface area (Å²) in [5.74, 6) is 0.358. The van der Waals surface area contributed by atoms with Gasteiger partial charge in [0, 0.05) is 13.1 Å². The standard InChI is InChI=1S/C7H15NO2S/c1-2-3-5-8-6-4-7-11(8,9)10/h2-7H2,1H3. The van der Waals surface area contributed by atoms with E-state index in [1.54, 1.807) is 4.31 Å². The fraction of sp³-hybridized carbons (Fsp3) is 1.00.